The number of aromatic nitrogens is 2. The van der Waals surface area contributed by atoms with Crippen LogP contribution in [0.25, 0.3) is 28.1 Å². The lowest BCUT2D eigenvalue weighted by atomic mass is 10.1. The van der Waals surface area contributed by atoms with Crippen molar-refractivity contribution in [3.63, 3.8) is 0 Å². The smallest absolute Gasteiger partial charge is 0.276 e. The highest BCUT2D eigenvalue weighted by Gasteiger charge is 2.13. The second-order valence-electron chi connectivity index (χ2n) is 5.92. The third-order valence-corrected chi connectivity index (χ3v) is 5.10. The average molecular weight is 360 g/mol. The van der Waals surface area contributed by atoms with Crippen LogP contribution < -0.4 is 5.56 Å². The minimum Gasteiger partial charge on any atom is -0.507 e. The Kier molecular flexibility index (Phi) is 4.14. The standard InChI is InChI=1S/C21H16N2O2S/c1-14-6-2-4-8-17(14)23-19(11-10-15-7-3-5-9-18(15)24)22-16-12-13-26-20(16)21(23)25/h2-13,24H,1H3. The van der Waals surface area contributed by atoms with E-state index in [0.717, 1.165) is 11.3 Å². The molecule has 26 heavy (non-hydrogen) atoms. The molecule has 0 aliphatic heterocycles. The summed E-state index contributed by atoms with van der Waals surface area (Å²) in [5.41, 5.74) is 3.06. The number of hydrogen-bond acceptors (Lipinski definition) is 4. The summed E-state index contributed by atoms with van der Waals surface area (Å²) in [6.45, 7) is 1.97. The van der Waals surface area contributed by atoms with E-state index in [1.54, 1.807) is 28.9 Å². The minimum absolute atomic E-state index is 0.0868. The molecule has 2 aromatic carbocycles. The molecule has 1 N–H and O–H groups in total. The fourth-order valence-electron chi connectivity index (χ4n) is 2.88. The highest BCUT2D eigenvalue weighted by atomic mass is 32.1. The molecule has 0 fully saturated rings. The Bertz CT molecular complexity index is 1190. The predicted octanol–water partition coefficient (Wildman–Crippen LogP) is 4.63. The zero-order chi connectivity index (χ0) is 18.1. The molecular weight excluding hydrogens is 344 g/mol. The maximum atomic E-state index is 13.1. The highest BCUT2D eigenvalue weighted by molar-refractivity contribution is 7.17. The van der Waals surface area contributed by atoms with Crippen molar-refractivity contribution in [2.75, 3.05) is 0 Å². The van der Waals surface area contributed by atoms with E-state index in [-0.39, 0.29) is 11.3 Å². The molecule has 4 rings (SSSR count). The molecule has 0 saturated heterocycles. The van der Waals surface area contributed by atoms with Crippen molar-refractivity contribution in [2.45, 2.75) is 6.92 Å². The summed E-state index contributed by atoms with van der Waals surface area (Å²) in [7, 11) is 0. The van der Waals surface area contributed by atoms with Crippen LogP contribution in [0.5, 0.6) is 5.75 Å². The van der Waals surface area contributed by atoms with Gasteiger partial charge in [-0.1, -0.05) is 36.4 Å². The largest absolute Gasteiger partial charge is 0.507 e. The van der Waals surface area contributed by atoms with Crippen LogP contribution in [0.1, 0.15) is 17.0 Å². The van der Waals surface area contributed by atoms with Crippen molar-refractivity contribution in [3.8, 4) is 11.4 Å². The van der Waals surface area contributed by atoms with E-state index in [4.69, 9.17) is 0 Å². The molecule has 5 heteroatoms. The summed E-state index contributed by atoms with van der Waals surface area (Å²) in [6, 6.07) is 16.6. The van der Waals surface area contributed by atoms with E-state index >= 15 is 0 Å². The number of para-hydroxylation sites is 2. The summed E-state index contributed by atoms with van der Waals surface area (Å²) >= 11 is 1.39. The fraction of sp³-hybridized carbons (Fsp3) is 0.0476. The summed E-state index contributed by atoms with van der Waals surface area (Å²) in [5.74, 6) is 0.712. The molecule has 0 atom stereocenters. The lowest BCUT2D eigenvalue weighted by Crippen LogP contribution is -2.22. The highest BCUT2D eigenvalue weighted by Crippen LogP contribution is 2.22. The SMILES string of the molecule is Cc1ccccc1-n1c(C=Cc2ccccc2O)nc2ccsc2c1=O. The topological polar surface area (TPSA) is 55.1 Å². The fourth-order valence-corrected chi connectivity index (χ4v) is 3.64. The van der Waals surface area contributed by atoms with Gasteiger partial charge in [0.15, 0.2) is 0 Å². The van der Waals surface area contributed by atoms with Crippen molar-refractivity contribution in [1.29, 1.82) is 0 Å². The number of phenolic OH excluding ortho intramolecular Hbond substituents is 1. The summed E-state index contributed by atoms with van der Waals surface area (Å²) < 4.78 is 2.26. The summed E-state index contributed by atoms with van der Waals surface area (Å²) in [4.78, 5) is 17.8. The first-order valence-corrected chi connectivity index (χ1v) is 9.05. The third kappa shape index (κ3) is 2.82. The first-order chi connectivity index (χ1) is 12.6. The average Bonchev–Trinajstić information content (AvgIpc) is 3.11. The Balaban J connectivity index is 1.96. The zero-order valence-electron chi connectivity index (χ0n) is 14.1. The van der Waals surface area contributed by atoms with E-state index in [9.17, 15) is 9.90 Å². The van der Waals surface area contributed by atoms with Crippen LogP contribution >= 0.6 is 11.3 Å². The van der Waals surface area contributed by atoms with Crippen LogP contribution in [0.3, 0.4) is 0 Å². The molecule has 0 bridgehead atoms. The number of aromatic hydroxyl groups is 1. The maximum absolute atomic E-state index is 13.1. The maximum Gasteiger partial charge on any atom is 0.276 e. The molecule has 0 aliphatic carbocycles. The molecule has 4 nitrogen and oxygen atoms in total. The van der Waals surface area contributed by atoms with Gasteiger partial charge in [0.05, 0.1) is 11.2 Å². The predicted molar refractivity (Wildman–Crippen MR) is 107 cm³/mol. The lowest BCUT2D eigenvalue weighted by Gasteiger charge is -2.12. The van der Waals surface area contributed by atoms with Crippen LogP contribution in [-0.4, -0.2) is 14.7 Å². The molecule has 0 spiro atoms. The number of fused-ring (bicyclic) bond motifs is 1. The number of nitrogens with zero attached hydrogens (tertiary/aromatic N) is 2. The number of aryl methyl sites for hydroxylation is 1. The van der Waals surface area contributed by atoms with Crippen molar-refractivity contribution < 1.29 is 5.11 Å². The Morgan fingerprint density at radius 2 is 1.81 bits per heavy atom. The summed E-state index contributed by atoms with van der Waals surface area (Å²) in [6.07, 6.45) is 3.53. The first kappa shape index (κ1) is 16.3. The van der Waals surface area contributed by atoms with E-state index in [2.05, 4.69) is 4.98 Å². The van der Waals surface area contributed by atoms with Crippen molar-refractivity contribution in [1.82, 2.24) is 9.55 Å². The van der Waals surface area contributed by atoms with Gasteiger partial charge in [-0.15, -0.1) is 11.3 Å². The Morgan fingerprint density at radius 3 is 2.62 bits per heavy atom. The number of hydrogen-bond donors (Lipinski definition) is 1. The van der Waals surface area contributed by atoms with Crippen molar-refractivity contribution >= 4 is 33.7 Å². The number of rotatable bonds is 3. The normalized spacial score (nSPS) is 11.4. The molecule has 0 aliphatic rings. The second-order valence-corrected chi connectivity index (χ2v) is 6.84. The van der Waals surface area contributed by atoms with Crippen molar-refractivity contribution in [2.24, 2.45) is 0 Å². The van der Waals surface area contributed by atoms with Crippen LogP contribution in [0.4, 0.5) is 0 Å². The number of benzene rings is 2. The van der Waals surface area contributed by atoms with Crippen LogP contribution in [0, 0.1) is 6.92 Å². The molecule has 2 aromatic heterocycles. The number of thiophene rings is 1. The molecule has 128 valence electrons. The van der Waals surface area contributed by atoms with E-state index in [1.807, 2.05) is 54.8 Å². The quantitative estimate of drug-likeness (QED) is 0.579. The third-order valence-electron chi connectivity index (χ3n) is 4.21. The Hall–Kier alpha value is -3.18. The molecule has 2 heterocycles. The van der Waals surface area contributed by atoms with Gasteiger partial charge in [0.25, 0.3) is 5.56 Å². The number of phenols is 1. The Labute approximate surface area is 154 Å². The molecule has 0 unspecified atom stereocenters. The molecule has 0 radical (unpaired) electrons. The minimum atomic E-state index is -0.0868. The van der Waals surface area contributed by atoms with Gasteiger partial charge in [0.1, 0.15) is 16.3 Å². The zero-order valence-corrected chi connectivity index (χ0v) is 14.9. The molecule has 0 saturated carbocycles. The van der Waals surface area contributed by atoms with Gasteiger partial charge in [0, 0.05) is 5.56 Å². The van der Waals surface area contributed by atoms with Gasteiger partial charge >= 0.3 is 0 Å². The molecular formula is C21H16N2O2S. The van der Waals surface area contributed by atoms with Crippen LogP contribution in [-0.2, 0) is 0 Å². The first-order valence-electron chi connectivity index (χ1n) is 8.17. The van der Waals surface area contributed by atoms with Gasteiger partial charge < -0.3 is 5.11 Å². The van der Waals surface area contributed by atoms with E-state index in [0.29, 0.717) is 21.6 Å². The lowest BCUT2D eigenvalue weighted by molar-refractivity contribution is 0.474. The summed E-state index contributed by atoms with van der Waals surface area (Å²) in [5, 5.41) is 11.8. The van der Waals surface area contributed by atoms with E-state index < -0.39 is 0 Å². The Morgan fingerprint density at radius 1 is 1.04 bits per heavy atom. The van der Waals surface area contributed by atoms with Gasteiger partial charge in [-0.2, -0.15) is 0 Å². The van der Waals surface area contributed by atoms with Crippen LogP contribution in [0.15, 0.2) is 64.8 Å². The van der Waals surface area contributed by atoms with Gasteiger partial charge in [-0.25, -0.2) is 4.98 Å². The van der Waals surface area contributed by atoms with Gasteiger partial charge in [-0.05, 0) is 48.2 Å². The van der Waals surface area contributed by atoms with Gasteiger partial charge in [0.2, 0.25) is 0 Å². The van der Waals surface area contributed by atoms with Crippen LogP contribution in [0.2, 0.25) is 0 Å². The van der Waals surface area contributed by atoms with Crippen molar-refractivity contribution in [3.05, 3.63) is 87.3 Å². The van der Waals surface area contributed by atoms with E-state index in [1.165, 1.54) is 11.3 Å². The molecule has 0 amide bonds. The monoisotopic (exact) mass is 360 g/mol. The molecule has 4 aromatic rings. The van der Waals surface area contributed by atoms with Gasteiger partial charge in [-0.3, -0.25) is 9.36 Å². The second kappa shape index (κ2) is 6.61.